The van der Waals surface area contributed by atoms with E-state index in [0.29, 0.717) is 4.88 Å². The number of nitrogens with zero attached hydrogens (tertiary/aromatic N) is 2. The highest BCUT2D eigenvalue weighted by atomic mass is 32.1. The first kappa shape index (κ1) is 17.3. The number of hydrogen-bond acceptors (Lipinski definition) is 5. The fourth-order valence-corrected chi connectivity index (χ4v) is 3.28. The van der Waals surface area contributed by atoms with Gasteiger partial charge in [0.15, 0.2) is 5.13 Å². The Labute approximate surface area is 141 Å². The van der Waals surface area contributed by atoms with Gasteiger partial charge in [-0.1, -0.05) is 11.3 Å². The summed E-state index contributed by atoms with van der Waals surface area (Å²) in [5, 5.41) is 6.72. The first-order valence-corrected chi connectivity index (χ1v) is 8.63. The van der Waals surface area contributed by atoms with Crippen molar-refractivity contribution in [1.82, 2.24) is 4.98 Å². The number of nitrogens with one attached hydrogen (secondary N) is 2. The molecule has 0 atom stereocenters. The molecule has 0 aliphatic heterocycles. The summed E-state index contributed by atoms with van der Waals surface area (Å²) in [6.07, 6.45) is 0. The molecule has 2 N–H and O–H groups in total. The molecule has 0 bridgehead atoms. The van der Waals surface area contributed by atoms with Crippen molar-refractivity contribution in [2.75, 3.05) is 35.7 Å². The minimum atomic E-state index is -0.111. The van der Waals surface area contributed by atoms with Gasteiger partial charge in [-0.2, -0.15) is 0 Å². The summed E-state index contributed by atoms with van der Waals surface area (Å²) in [5.41, 5.74) is 3.81. The van der Waals surface area contributed by atoms with Crippen molar-refractivity contribution in [2.24, 2.45) is 0 Å². The molecule has 2 rings (SSSR count). The number of carbonyl (C=O) groups is 1. The average molecular weight is 332 g/mol. The Bertz CT molecular complexity index is 692. The Morgan fingerprint density at radius 2 is 1.96 bits per heavy atom. The van der Waals surface area contributed by atoms with Crippen molar-refractivity contribution >= 4 is 33.8 Å². The number of thiazole rings is 1. The van der Waals surface area contributed by atoms with E-state index in [1.54, 1.807) is 7.05 Å². The highest BCUT2D eigenvalue weighted by Gasteiger charge is 2.16. The summed E-state index contributed by atoms with van der Waals surface area (Å²) in [7, 11) is 1.80. The van der Waals surface area contributed by atoms with Gasteiger partial charge < -0.3 is 15.5 Å². The molecular weight excluding hydrogens is 308 g/mol. The first-order valence-electron chi connectivity index (χ1n) is 7.82. The maximum absolute atomic E-state index is 12.5. The second-order valence-corrected chi connectivity index (χ2v) is 6.31. The number of anilines is 3. The van der Waals surface area contributed by atoms with Gasteiger partial charge in [0.1, 0.15) is 4.88 Å². The Balaban J connectivity index is 2.19. The number of carbonyl (C=O) groups excluding carboxylic acids is 1. The van der Waals surface area contributed by atoms with Gasteiger partial charge >= 0.3 is 0 Å². The van der Waals surface area contributed by atoms with Crippen molar-refractivity contribution in [2.45, 2.75) is 27.7 Å². The molecule has 0 radical (unpaired) electrons. The van der Waals surface area contributed by atoms with Crippen LogP contribution >= 0.6 is 11.3 Å². The largest absolute Gasteiger partial charge is 0.372 e. The summed E-state index contributed by atoms with van der Waals surface area (Å²) in [4.78, 5) is 19.7. The average Bonchev–Trinajstić information content (AvgIpc) is 2.92. The van der Waals surface area contributed by atoms with Crippen LogP contribution in [0.1, 0.15) is 34.8 Å². The molecule has 23 heavy (non-hydrogen) atoms. The molecule has 0 saturated heterocycles. The third-order valence-electron chi connectivity index (χ3n) is 3.80. The lowest BCUT2D eigenvalue weighted by molar-refractivity contribution is 0.102. The molecule has 0 fully saturated rings. The molecule has 1 amide bonds. The van der Waals surface area contributed by atoms with Crippen LogP contribution in [0.4, 0.5) is 16.5 Å². The smallest absolute Gasteiger partial charge is 0.267 e. The van der Waals surface area contributed by atoms with Gasteiger partial charge in [-0.25, -0.2) is 4.98 Å². The summed E-state index contributed by atoms with van der Waals surface area (Å²) in [5.74, 6) is -0.111. The van der Waals surface area contributed by atoms with Crippen LogP contribution in [0.2, 0.25) is 0 Å². The van der Waals surface area contributed by atoms with Crippen LogP contribution in [-0.4, -0.2) is 31.0 Å². The van der Waals surface area contributed by atoms with E-state index in [-0.39, 0.29) is 5.91 Å². The third kappa shape index (κ3) is 3.82. The maximum atomic E-state index is 12.5. The molecule has 1 aromatic heterocycles. The van der Waals surface area contributed by atoms with Crippen molar-refractivity contribution in [3.05, 3.63) is 34.3 Å². The van der Waals surface area contributed by atoms with Gasteiger partial charge in [0, 0.05) is 31.5 Å². The van der Waals surface area contributed by atoms with Gasteiger partial charge in [0.25, 0.3) is 5.91 Å². The van der Waals surface area contributed by atoms with E-state index in [1.807, 2.05) is 26.0 Å². The zero-order valence-electron chi connectivity index (χ0n) is 14.4. The van der Waals surface area contributed by atoms with E-state index in [2.05, 4.69) is 40.4 Å². The van der Waals surface area contributed by atoms with E-state index in [9.17, 15) is 4.79 Å². The standard InChI is InChI=1S/C17H24N4OS/c1-6-21(7-2)13-8-9-14(11(3)10-13)20-16(22)15-12(4)19-17(18-5)23-15/h8-10H,6-7H2,1-5H3,(H,18,19)(H,20,22). The Kier molecular flexibility index (Phi) is 5.60. The number of rotatable bonds is 6. The summed E-state index contributed by atoms with van der Waals surface area (Å²) < 4.78 is 0. The molecule has 1 heterocycles. The van der Waals surface area contributed by atoms with Crippen LogP contribution in [0.15, 0.2) is 18.2 Å². The molecule has 124 valence electrons. The van der Waals surface area contributed by atoms with E-state index >= 15 is 0 Å². The van der Waals surface area contributed by atoms with Gasteiger partial charge in [0.05, 0.1) is 5.69 Å². The minimum absolute atomic E-state index is 0.111. The van der Waals surface area contributed by atoms with Crippen LogP contribution in [0, 0.1) is 13.8 Å². The number of aromatic nitrogens is 1. The normalized spacial score (nSPS) is 10.5. The zero-order valence-corrected chi connectivity index (χ0v) is 15.2. The number of hydrogen-bond donors (Lipinski definition) is 2. The second kappa shape index (κ2) is 7.46. The minimum Gasteiger partial charge on any atom is -0.372 e. The molecular formula is C17H24N4OS. The monoisotopic (exact) mass is 332 g/mol. The second-order valence-electron chi connectivity index (χ2n) is 5.31. The van der Waals surface area contributed by atoms with Gasteiger partial charge in [-0.05, 0) is 51.5 Å². The van der Waals surface area contributed by atoms with Gasteiger partial charge in [-0.15, -0.1) is 0 Å². The van der Waals surface area contributed by atoms with Crippen LogP contribution < -0.4 is 15.5 Å². The van der Waals surface area contributed by atoms with E-state index in [4.69, 9.17) is 0 Å². The van der Waals surface area contributed by atoms with Crippen molar-refractivity contribution < 1.29 is 4.79 Å². The topological polar surface area (TPSA) is 57.3 Å². The van der Waals surface area contributed by atoms with E-state index in [0.717, 1.165) is 35.2 Å². The van der Waals surface area contributed by atoms with E-state index < -0.39 is 0 Å². The molecule has 5 nitrogen and oxygen atoms in total. The van der Waals surface area contributed by atoms with Crippen LogP contribution in [0.3, 0.4) is 0 Å². The van der Waals surface area contributed by atoms with Crippen molar-refractivity contribution in [3.8, 4) is 0 Å². The summed E-state index contributed by atoms with van der Waals surface area (Å²) in [6, 6.07) is 6.13. The Morgan fingerprint density at radius 3 is 2.48 bits per heavy atom. The summed E-state index contributed by atoms with van der Waals surface area (Å²) in [6.45, 7) is 10.1. The zero-order chi connectivity index (χ0) is 17.0. The predicted octanol–water partition coefficient (Wildman–Crippen LogP) is 3.90. The molecule has 6 heteroatoms. The van der Waals surface area contributed by atoms with Gasteiger partial charge in [0.2, 0.25) is 0 Å². The highest BCUT2D eigenvalue weighted by molar-refractivity contribution is 7.17. The summed E-state index contributed by atoms with van der Waals surface area (Å²) >= 11 is 1.37. The van der Waals surface area contributed by atoms with Crippen molar-refractivity contribution in [3.63, 3.8) is 0 Å². The highest BCUT2D eigenvalue weighted by Crippen LogP contribution is 2.26. The SMILES string of the molecule is CCN(CC)c1ccc(NC(=O)c2sc(NC)nc2C)c(C)c1. The van der Waals surface area contributed by atoms with E-state index in [1.165, 1.54) is 17.0 Å². The molecule has 0 saturated carbocycles. The fraction of sp³-hybridized carbons (Fsp3) is 0.412. The lowest BCUT2D eigenvalue weighted by atomic mass is 10.1. The molecule has 0 spiro atoms. The molecule has 0 unspecified atom stereocenters. The molecule has 2 aromatic rings. The number of amides is 1. The number of benzene rings is 1. The molecule has 0 aliphatic rings. The quantitative estimate of drug-likeness (QED) is 0.842. The Morgan fingerprint density at radius 1 is 1.26 bits per heavy atom. The van der Waals surface area contributed by atoms with Crippen LogP contribution in [-0.2, 0) is 0 Å². The third-order valence-corrected chi connectivity index (χ3v) is 4.98. The lowest BCUT2D eigenvalue weighted by Crippen LogP contribution is -2.22. The predicted molar refractivity (Wildman–Crippen MR) is 99.1 cm³/mol. The maximum Gasteiger partial charge on any atom is 0.267 e. The van der Waals surface area contributed by atoms with Crippen LogP contribution in [0.5, 0.6) is 0 Å². The molecule has 0 aliphatic carbocycles. The van der Waals surface area contributed by atoms with Crippen LogP contribution in [0.25, 0.3) is 0 Å². The number of aryl methyl sites for hydroxylation is 2. The van der Waals surface area contributed by atoms with Gasteiger partial charge in [-0.3, -0.25) is 4.79 Å². The lowest BCUT2D eigenvalue weighted by Gasteiger charge is -2.22. The molecule has 1 aromatic carbocycles. The first-order chi connectivity index (χ1) is 11.0. The fourth-order valence-electron chi connectivity index (χ4n) is 2.47. The Hall–Kier alpha value is -2.08. The van der Waals surface area contributed by atoms with Crippen molar-refractivity contribution in [1.29, 1.82) is 0 Å².